The molecule has 3 amide bonds. The summed E-state index contributed by atoms with van der Waals surface area (Å²) in [6, 6.07) is -0.402. The van der Waals surface area contributed by atoms with Gasteiger partial charge in [-0.3, -0.25) is 15.0 Å². The van der Waals surface area contributed by atoms with Gasteiger partial charge in [0, 0.05) is 32.2 Å². The van der Waals surface area contributed by atoms with Crippen molar-refractivity contribution >= 4 is 24.3 Å². The first kappa shape index (κ1) is 17.2. The molecule has 18 heavy (non-hydrogen) atoms. The van der Waals surface area contributed by atoms with E-state index in [4.69, 9.17) is 0 Å². The Labute approximate surface area is 114 Å². The monoisotopic (exact) mass is 278 g/mol. The van der Waals surface area contributed by atoms with E-state index in [-0.39, 0.29) is 24.4 Å². The van der Waals surface area contributed by atoms with Crippen LogP contribution < -0.4 is 16.0 Å². The summed E-state index contributed by atoms with van der Waals surface area (Å²) in [5.74, 6) is -0.246. The molecule has 2 atom stereocenters. The third-order valence-corrected chi connectivity index (χ3v) is 3.00. The number of carbonyl (C=O) groups excluding carboxylic acids is 2. The number of nitrogens with one attached hydrogen (secondary N) is 3. The minimum atomic E-state index is -0.424. The summed E-state index contributed by atoms with van der Waals surface area (Å²) in [6.07, 6.45) is 0. The lowest BCUT2D eigenvalue weighted by molar-refractivity contribution is -0.125. The first-order valence-corrected chi connectivity index (χ1v) is 6.11. The molecular formula is C11H23ClN4O2. The Balaban J connectivity index is 0.00000289. The van der Waals surface area contributed by atoms with Crippen LogP contribution in [0.3, 0.4) is 0 Å². The smallest absolute Gasteiger partial charge is 0.321 e. The maximum Gasteiger partial charge on any atom is 0.321 e. The van der Waals surface area contributed by atoms with E-state index in [0.717, 1.165) is 19.6 Å². The van der Waals surface area contributed by atoms with E-state index in [1.807, 2.05) is 13.8 Å². The summed E-state index contributed by atoms with van der Waals surface area (Å²) < 4.78 is 0. The molecule has 1 heterocycles. The van der Waals surface area contributed by atoms with Crippen LogP contribution in [-0.2, 0) is 4.79 Å². The van der Waals surface area contributed by atoms with Crippen molar-refractivity contribution in [1.29, 1.82) is 0 Å². The molecule has 1 fully saturated rings. The van der Waals surface area contributed by atoms with Crippen molar-refractivity contribution in [1.82, 2.24) is 20.9 Å². The molecule has 0 radical (unpaired) electrons. The van der Waals surface area contributed by atoms with Gasteiger partial charge in [-0.15, -0.1) is 12.4 Å². The van der Waals surface area contributed by atoms with E-state index < -0.39 is 6.03 Å². The summed E-state index contributed by atoms with van der Waals surface area (Å²) in [5, 5.41) is 8.16. The Morgan fingerprint density at radius 3 is 2.72 bits per heavy atom. The molecule has 1 rings (SSSR count). The van der Waals surface area contributed by atoms with Gasteiger partial charge in [-0.1, -0.05) is 0 Å². The zero-order valence-electron chi connectivity index (χ0n) is 11.2. The predicted octanol–water partition coefficient (Wildman–Crippen LogP) is -0.0639. The van der Waals surface area contributed by atoms with Crippen LogP contribution in [0.25, 0.3) is 0 Å². The summed E-state index contributed by atoms with van der Waals surface area (Å²) in [4.78, 5) is 25.2. The molecule has 7 heteroatoms. The highest BCUT2D eigenvalue weighted by Crippen LogP contribution is 2.07. The van der Waals surface area contributed by atoms with Gasteiger partial charge in [0.2, 0.25) is 5.91 Å². The Morgan fingerprint density at radius 1 is 1.50 bits per heavy atom. The van der Waals surface area contributed by atoms with Gasteiger partial charge in [0.05, 0.1) is 6.04 Å². The number of hydrogen-bond donors (Lipinski definition) is 3. The van der Waals surface area contributed by atoms with Crippen molar-refractivity contribution in [2.75, 3.05) is 26.2 Å². The fourth-order valence-electron chi connectivity index (χ4n) is 2.00. The highest BCUT2D eigenvalue weighted by molar-refractivity contribution is 5.96. The van der Waals surface area contributed by atoms with Crippen LogP contribution in [0.2, 0.25) is 0 Å². The SMILES string of the molecule is CCNC(=O)NC(=O)C(C)N1CCNC[C@H]1C.Cl. The fraction of sp³-hybridized carbons (Fsp3) is 0.818. The van der Waals surface area contributed by atoms with Gasteiger partial charge in [0.15, 0.2) is 0 Å². The van der Waals surface area contributed by atoms with E-state index in [0.29, 0.717) is 12.6 Å². The van der Waals surface area contributed by atoms with Crippen LogP contribution in [0.4, 0.5) is 4.79 Å². The summed E-state index contributed by atoms with van der Waals surface area (Å²) in [7, 11) is 0. The normalized spacial score (nSPS) is 21.6. The van der Waals surface area contributed by atoms with Gasteiger partial charge in [0.25, 0.3) is 0 Å². The second-order valence-corrected chi connectivity index (χ2v) is 4.32. The molecule has 0 aromatic rings. The number of hydrogen-bond acceptors (Lipinski definition) is 4. The molecule has 3 N–H and O–H groups in total. The highest BCUT2D eigenvalue weighted by Gasteiger charge is 2.28. The van der Waals surface area contributed by atoms with Crippen molar-refractivity contribution in [3.8, 4) is 0 Å². The first-order valence-electron chi connectivity index (χ1n) is 6.11. The Hall–Kier alpha value is -0.850. The van der Waals surface area contributed by atoms with Gasteiger partial charge in [-0.25, -0.2) is 4.79 Å². The second-order valence-electron chi connectivity index (χ2n) is 4.32. The van der Waals surface area contributed by atoms with Crippen LogP contribution in [0.5, 0.6) is 0 Å². The largest absolute Gasteiger partial charge is 0.338 e. The van der Waals surface area contributed by atoms with Gasteiger partial charge in [0.1, 0.15) is 0 Å². The molecule has 0 aliphatic carbocycles. The second kappa shape index (κ2) is 8.29. The standard InChI is InChI=1S/C11H22N4O2.ClH/c1-4-13-11(17)14-10(16)9(3)15-6-5-12-7-8(15)2;/h8-9,12H,4-7H2,1-3H3,(H2,13,14,16,17);1H/t8-,9?;/m1./s1. The molecule has 0 aromatic heterocycles. The van der Waals surface area contributed by atoms with Crippen molar-refractivity contribution in [2.24, 2.45) is 0 Å². The average molecular weight is 279 g/mol. The van der Waals surface area contributed by atoms with Crippen molar-refractivity contribution < 1.29 is 9.59 Å². The number of piperazine rings is 1. The highest BCUT2D eigenvalue weighted by atomic mass is 35.5. The molecule has 6 nitrogen and oxygen atoms in total. The maximum atomic E-state index is 11.8. The number of urea groups is 1. The van der Waals surface area contributed by atoms with Crippen molar-refractivity contribution in [3.63, 3.8) is 0 Å². The van der Waals surface area contributed by atoms with Crippen LogP contribution in [0.1, 0.15) is 20.8 Å². The number of amides is 3. The average Bonchev–Trinajstić information content (AvgIpc) is 2.29. The molecule has 1 aliphatic rings. The number of imide groups is 1. The number of nitrogens with zero attached hydrogens (tertiary/aromatic N) is 1. The molecule has 0 saturated carbocycles. The van der Waals surface area contributed by atoms with Gasteiger partial charge < -0.3 is 10.6 Å². The van der Waals surface area contributed by atoms with E-state index in [9.17, 15) is 9.59 Å². The molecular weight excluding hydrogens is 256 g/mol. The fourth-order valence-corrected chi connectivity index (χ4v) is 2.00. The van der Waals surface area contributed by atoms with E-state index in [2.05, 4.69) is 27.8 Å². The van der Waals surface area contributed by atoms with Crippen molar-refractivity contribution in [3.05, 3.63) is 0 Å². The molecule has 0 bridgehead atoms. The lowest BCUT2D eigenvalue weighted by atomic mass is 10.1. The minimum absolute atomic E-state index is 0. The molecule has 1 aliphatic heterocycles. The van der Waals surface area contributed by atoms with Gasteiger partial charge in [-0.2, -0.15) is 0 Å². The van der Waals surface area contributed by atoms with Crippen LogP contribution in [0, 0.1) is 0 Å². The van der Waals surface area contributed by atoms with Gasteiger partial charge >= 0.3 is 6.03 Å². The lowest BCUT2D eigenvalue weighted by Crippen LogP contribution is -2.58. The zero-order chi connectivity index (χ0) is 12.8. The van der Waals surface area contributed by atoms with Crippen LogP contribution in [-0.4, -0.2) is 55.1 Å². The summed E-state index contributed by atoms with van der Waals surface area (Å²) in [5.41, 5.74) is 0. The summed E-state index contributed by atoms with van der Waals surface area (Å²) in [6.45, 7) is 8.80. The molecule has 1 saturated heterocycles. The lowest BCUT2D eigenvalue weighted by Gasteiger charge is -2.37. The van der Waals surface area contributed by atoms with E-state index >= 15 is 0 Å². The number of rotatable bonds is 3. The zero-order valence-corrected chi connectivity index (χ0v) is 12.0. The molecule has 1 unspecified atom stereocenters. The van der Waals surface area contributed by atoms with Gasteiger partial charge in [-0.05, 0) is 20.8 Å². The first-order chi connectivity index (χ1) is 8.06. The van der Waals surface area contributed by atoms with E-state index in [1.54, 1.807) is 0 Å². The maximum absolute atomic E-state index is 11.8. The number of halogens is 1. The number of carbonyl (C=O) groups is 2. The van der Waals surface area contributed by atoms with E-state index in [1.165, 1.54) is 0 Å². The Morgan fingerprint density at radius 2 is 2.17 bits per heavy atom. The van der Waals surface area contributed by atoms with Crippen molar-refractivity contribution in [2.45, 2.75) is 32.9 Å². The van der Waals surface area contributed by atoms with Crippen LogP contribution >= 0.6 is 12.4 Å². The quantitative estimate of drug-likeness (QED) is 0.676. The minimum Gasteiger partial charge on any atom is -0.338 e. The molecule has 0 aromatic carbocycles. The Bertz CT molecular complexity index is 288. The molecule has 106 valence electrons. The van der Waals surface area contributed by atoms with Crippen LogP contribution in [0.15, 0.2) is 0 Å². The Kier molecular flexibility index (Phi) is 7.90. The molecule has 0 spiro atoms. The predicted molar refractivity (Wildman–Crippen MR) is 73.0 cm³/mol. The third-order valence-electron chi connectivity index (χ3n) is 3.00. The summed E-state index contributed by atoms with van der Waals surface area (Å²) >= 11 is 0. The topological polar surface area (TPSA) is 73.5 Å². The third kappa shape index (κ3) is 4.80.